The summed E-state index contributed by atoms with van der Waals surface area (Å²) in [6.07, 6.45) is 11.9. The van der Waals surface area contributed by atoms with E-state index in [2.05, 4.69) is 71.0 Å². The number of anilines is 1. The molecule has 3 aliphatic carbocycles. The molecule has 2 saturated carbocycles. The lowest BCUT2D eigenvalue weighted by atomic mass is 9.61. The van der Waals surface area contributed by atoms with Crippen LogP contribution in [-0.2, 0) is 27.8 Å². The fourth-order valence-electron chi connectivity index (χ4n) is 14.7. The van der Waals surface area contributed by atoms with E-state index in [9.17, 15) is 35.4 Å². The first kappa shape index (κ1) is 57.8. The van der Waals surface area contributed by atoms with Gasteiger partial charge in [-0.3, -0.25) is 9.59 Å². The Hall–Kier alpha value is -6.40. The number of rotatable bonds is 7. The highest BCUT2D eigenvalue weighted by Gasteiger charge is 2.50. The van der Waals surface area contributed by atoms with Crippen LogP contribution in [0.4, 0.5) is 5.69 Å². The van der Waals surface area contributed by atoms with E-state index in [4.69, 9.17) is 4.74 Å². The molecule has 5 aliphatic rings. The Morgan fingerprint density at radius 1 is 0.827 bits per heavy atom. The summed E-state index contributed by atoms with van der Waals surface area (Å²) in [4.78, 5) is 33.6. The smallest absolute Gasteiger partial charge is 0.173 e. The number of benzene rings is 4. The predicted octanol–water partition coefficient (Wildman–Crippen LogP) is 9.98. The van der Waals surface area contributed by atoms with Gasteiger partial charge in [-0.2, -0.15) is 0 Å². The molecule has 13 nitrogen and oxygen atoms in total. The van der Waals surface area contributed by atoms with Crippen LogP contribution in [0.3, 0.4) is 0 Å². The number of aromatic nitrogens is 1. The monoisotopic (exact) mass is 1100 g/mol. The third-order valence-corrected chi connectivity index (χ3v) is 19.1. The van der Waals surface area contributed by atoms with E-state index in [1.54, 1.807) is 12.1 Å². The minimum atomic E-state index is -1.88. The van der Waals surface area contributed by atoms with Crippen LogP contribution < -0.4 is 20.7 Å². The minimum absolute atomic E-state index is 0.0203. The zero-order valence-electron chi connectivity index (χ0n) is 47.4. The SMILES string of the molecule is CCC[C@H]1[C@H]2C[C@@H](C[C@H]3C#C[C@H](c4ccccc4)c4cc(O)c(OC)cc4CCC(=O)[C@@H](O)C(=O)[C@H]3C2)[C@H](CCCO)C2=CCNC(=C2)Nc2ccc3ccc(c(O)c3c2)C[C@H](O)CNC[C@@H](C)c2c[nH]c(c2)C2(CCCCC2)[C@@H]1O. The lowest BCUT2D eigenvalue weighted by Crippen LogP contribution is -2.48. The van der Waals surface area contributed by atoms with Gasteiger partial charge in [0.2, 0.25) is 0 Å². The molecule has 0 radical (unpaired) electrons. The van der Waals surface area contributed by atoms with Gasteiger partial charge < -0.3 is 56.3 Å². The molecule has 4 aromatic carbocycles. The second kappa shape index (κ2) is 25.8. The molecular weight excluding hydrogens is 1020 g/mol. The summed E-state index contributed by atoms with van der Waals surface area (Å²) in [5.41, 5.74) is 6.33. The van der Waals surface area contributed by atoms with Crippen molar-refractivity contribution in [3.8, 4) is 29.1 Å². The summed E-state index contributed by atoms with van der Waals surface area (Å²) >= 11 is 0. The number of methoxy groups -OCH3 is 1. The fourth-order valence-corrected chi connectivity index (χ4v) is 14.7. The second-order valence-corrected chi connectivity index (χ2v) is 24.2. The lowest BCUT2D eigenvalue weighted by molar-refractivity contribution is -0.142. The first-order chi connectivity index (χ1) is 39.3. The van der Waals surface area contributed by atoms with Crippen molar-refractivity contribution >= 4 is 28.0 Å². The number of dihydropyridines is 1. The lowest BCUT2D eigenvalue weighted by Gasteiger charge is -2.46. The molecule has 5 aromatic rings. The summed E-state index contributed by atoms with van der Waals surface area (Å²) in [6.45, 7) is 5.76. The van der Waals surface area contributed by atoms with Crippen LogP contribution in [0.1, 0.15) is 143 Å². The molecule has 13 heteroatoms. The van der Waals surface area contributed by atoms with Gasteiger partial charge in [-0.25, -0.2) is 0 Å². The highest BCUT2D eigenvalue weighted by molar-refractivity contribution is 6.06. The summed E-state index contributed by atoms with van der Waals surface area (Å²) < 4.78 is 5.56. The number of phenols is 2. The number of β-amino-alcohol motifs (C(OH)–C–C–N with tert-alkyl or cyclic N) is 1. The van der Waals surface area contributed by atoms with Crippen LogP contribution in [0, 0.1) is 47.3 Å². The van der Waals surface area contributed by atoms with Gasteiger partial charge in [-0.1, -0.05) is 106 Å². The van der Waals surface area contributed by atoms with Crippen molar-refractivity contribution in [2.45, 2.75) is 146 Å². The summed E-state index contributed by atoms with van der Waals surface area (Å²) in [6, 6.07) is 25.3. The molecule has 81 heavy (non-hydrogen) atoms. The number of hydrogen-bond acceptors (Lipinski definition) is 12. The summed E-state index contributed by atoms with van der Waals surface area (Å²) in [5.74, 6) is 4.67. The third kappa shape index (κ3) is 12.5. The van der Waals surface area contributed by atoms with Crippen LogP contribution in [-0.4, -0.2) is 98.9 Å². The van der Waals surface area contributed by atoms with Gasteiger partial charge in [0.1, 0.15) is 11.6 Å². The van der Waals surface area contributed by atoms with Crippen molar-refractivity contribution in [2.75, 3.05) is 38.7 Å². The number of aryl methyl sites for hydroxylation is 1. The van der Waals surface area contributed by atoms with E-state index in [0.29, 0.717) is 69.1 Å². The average molecular weight is 1100 g/mol. The topological polar surface area (TPSA) is 217 Å². The minimum Gasteiger partial charge on any atom is -0.507 e. The Morgan fingerprint density at radius 3 is 2.41 bits per heavy atom. The first-order valence-electron chi connectivity index (χ1n) is 30.0. The van der Waals surface area contributed by atoms with E-state index >= 15 is 4.79 Å². The highest BCUT2D eigenvalue weighted by atomic mass is 16.5. The van der Waals surface area contributed by atoms with Gasteiger partial charge >= 0.3 is 0 Å². The van der Waals surface area contributed by atoms with E-state index in [0.717, 1.165) is 88.9 Å². The maximum absolute atomic E-state index is 15.5. The number of ketones is 2. The van der Waals surface area contributed by atoms with E-state index in [1.165, 1.54) is 7.11 Å². The number of allylic oxidation sites excluding steroid dienone is 2. The quantitative estimate of drug-likeness (QED) is 0.0544. The van der Waals surface area contributed by atoms with Crippen LogP contribution in [0.5, 0.6) is 17.2 Å². The first-order valence-corrected chi connectivity index (χ1v) is 30.0. The molecule has 0 unspecified atom stereocenters. The number of aromatic hydroxyl groups is 2. The highest BCUT2D eigenvalue weighted by Crippen LogP contribution is 2.52. The number of aliphatic hydroxyl groups is 4. The van der Waals surface area contributed by atoms with Crippen molar-refractivity contribution in [3.63, 3.8) is 0 Å². The normalized spacial score (nSPS) is 28.4. The van der Waals surface area contributed by atoms with Gasteiger partial charge in [0.05, 0.1) is 25.2 Å². The number of nitrogens with one attached hydrogen (secondary N) is 4. The molecule has 10 rings (SSSR count). The number of H-pyrrole nitrogens is 1. The van der Waals surface area contributed by atoms with Crippen LogP contribution in [0.25, 0.3) is 10.8 Å². The van der Waals surface area contributed by atoms with E-state index in [1.807, 2.05) is 60.7 Å². The van der Waals surface area contributed by atoms with E-state index < -0.39 is 53.0 Å². The van der Waals surface area contributed by atoms with Gasteiger partial charge in [-0.15, -0.1) is 0 Å². The number of Topliss-reactive ketones (excluding diaryl/α,β-unsaturated/α-hetero) is 2. The maximum atomic E-state index is 15.5. The van der Waals surface area contributed by atoms with Crippen LogP contribution >= 0.6 is 0 Å². The van der Waals surface area contributed by atoms with Gasteiger partial charge in [-0.05, 0) is 163 Å². The van der Waals surface area contributed by atoms with Crippen LogP contribution in [0.15, 0.2) is 109 Å². The van der Waals surface area contributed by atoms with E-state index in [-0.39, 0.29) is 72.7 Å². The molecule has 3 heterocycles. The molecular formula is C68H84N4O9. The number of ether oxygens (including phenoxy) is 1. The Morgan fingerprint density at radius 2 is 1.63 bits per heavy atom. The molecule has 2 fully saturated rings. The molecule has 11 atom stereocenters. The van der Waals surface area contributed by atoms with Crippen molar-refractivity contribution in [3.05, 3.63) is 142 Å². The standard InChI is InChI=1S/C68H84N4O9/c1-4-12-55-49-30-48(29-44-19-22-54(42-13-7-5-8-14-42)56-37-60(76)61(81-3)33-45(56)20-23-59(75)66(79)65(78)57(44)32-49)53(15-11-28-73)46-24-27-70-63(35-46)72-51-21-18-43-16-17-47(64(77)58(43)36-51)31-52(74)40-69-38-41(2)50-34-62(71-39-50)68(67(55)80)25-9-6-10-26-68/h5,7-8,13-14,16-18,21,24,33-37,39,41,44,48-49,52-55,57,66-67,69-74,76-77,79-80H,4,6,9-12,15,20,23,25-32,38,40H2,1-3H3/t41-,44-,48-,49+,52+,53-,54-,55+,57+,66-,67-/m1/s1. The number of carbonyl (C=O) groups excluding carboxylic acids is 2. The van der Waals surface area contributed by atoms with Gasteiger partial charge in [0.25, 0.3) is 0 Å². The summed E-state index contributed by atoms with van der Waals surface area (Å²) in [5, 5.41) is 83.0. The molecule has 430 valence electrons. The molecule has 9 bridgehead atoms. The molecule has 10 N–H and O–H groups in total. The largest absolute Gasteiger partial charge is 0.507 e. The van der Waals surface area contributed by atoms with Crippen molar-refractivity contribution in [2.24, 2.45) is 35.5 Å². The zero-order chi connectivity index (χ0) is 56.8. The van der Waals surface area contributed by atoms with Crippen LogP contribution in [0.2, 0.25) is 0 Å². The second-order valence-electron chi connectivity index (χ2n) is 24.2. The van der Waals surface area contributed by atoms with Crippen molar-refractivity contribution in [1.29, 1.82) is 0 Å². The summed E-state index contributed by atoms with van der Waals surface area (Å²) in [7, 11) is 1.48. The number of aromatic amines is 1. The Kier molecular flexibility index (Phi) is 18.4. The van der Waals surface area contributed by atoms with Gasteiger partial charge in [0, 0.05) is 79.3 Å². The average Bonchev–Trinajstić information content (AvgIpc) is 4.09. The zero-order valence-corrected chi connectivity index (χ0v) is 47.4. The van der Waals surface area contributed by atoms with Crippen molar-refractivity contribution < 1.29 is 45.0 Å². The molecule has 0 amide bonds. The van der Waals surface area contributed by atoms with Crippen molar-refractivity contribution in [1.82, 2.24) is 15.6 Å². The maximum Gasteiger partial charge on any atom is 0.173 e. The Bertz CT molecular complexity index is 3150. The molecule has 0 saturated heterocycles. The number of aliphatic hydroxyl groups excluding tert-OH is 4. The molecule has 2 aliphatic heterocycles. The number of phenolic OH excluding ortho intramolecular Hbond substituents is 2. The molecule has 1 aromatic heterocycles. The number of hydrogen-bond donors (Lipinski definition) is 10. The molecule has 1 spiro atoms. The Balaban J connectivity index is 1.15. The van der Waals surface area contributed by atoms with Gasteiger partial charge in [0.15, 0.2) is 29.2 Å². The number of fused-ring (bicyclic) bond motifs is 10. The fraction of sp³-hybridized carbons (Fsp3) is 0.500. The predicted molar refractivity (Wildman–Crippen MR) is 317 cm³/mol. The third-order valence-electron chi connectivity index (χ3n) is 19.1. The number of carbonyl (C=O) groups is 2. The Labute approximate surface area is 477 Å².